The maximum absolute atomic E-state index is 13.3. The van der Waals surface area contributed by atoms with E-state index >= 15 is 0 Å². The van der Waals surface area contributed by atoms with Crippen LogP contribution in [-0.4, -0.2) is 38.5 Å². The second-order valence-electron chi connectivity index (χ2n) is 9.17. The van der Waals surface area contributed by atoms with E-state index in [2.05, 4.69) is 36.2 Å². The Balaban J connectivity index is 1.29. The zero-order valence-electron chi connectivity index (χ0n) is 20.9. The highest BCUT2D eigenvalue weighted by Gasteiger charge is 2.51. The van der Waals surface area contributed by atoms with Crippen molar-refractivity contribution in [3.05, 3.63) is 65.2 Å². The third-order valence-electron chi connectivity index (χ3n) is 5.60. The van der Waals surface area contributed by atoms with Crippen molar-refractivity contribution >= 4 is 40.9 Å². The maximum Gasteiger partial charge on any atom is 0.418 e. The van der Waals surface area contributed by atoms with Crippen molar-refractivity contribution in [1.29, 1.82) is 0 Å². The molecule has 4 N–H and O–H groups in total. The number of carbonyl (C=O) groups excluding carboxylic acids is 2. The molecule has 1 aliphatic rings. The molecular weight excluding hydrogens is 539 g/mol. The van der Waals surface area contributed by atoms with Gasteiger partial charge in [-0.15, -0.1) is 0 Å². The number of pyridine rings is 1. The van der Waals surface area contributed by atoms with Gasteiger partial charge in [-0.05, 0) is 57.0 Å². The maximum atomic E-state index is 13.3. The zero-order valence-corrected chi connectivity index (χ0v) is 21.7. The summed E-state index contributed by atoms with van der Waals surface area (Å²) in [4.78, 5) is 37.3. The number of nitrogens with one attached hydrogen (secondary N) is 4. The summed E-state index contributed by atoms with van der Waals surface area (Å²) in [5, 5.41) is 11.0. The number of hydrogen-bond donors (Lipinski definition) is 4. The summed E-state index contributed by atoms with van der Waals surface area (Å²) < 4.78 is 45.1. The average molecular weight is 564 g/mol. The number of carbonyl (C=O) groups is 2. The van der Waals surface area contributed by atoms with Gasteiger partial charge in [-0.2, -0.15) is 13.2 Å². The van der Waals surface area contributed by atoms with E-state index in [-0.39, 0.29) is 29.0 Å². The SMILES string of the molecule is CC(C)Nc1ncc(OC(=O)NC2(C(=O)NCc3ccc(Nc4ccc(Cl)cc4C(F)(F)F)cn3)CC2)cn1. The quantitative estimate of drug-likeness (QED) is 0.285. The molecule has 14 heteroatoms. The van der Waals surface area contributed by atoms with E-state index in [1.165, 1.54) is 36.8 Å². The summed E-state index contributed by atoms with van der Waals surface area (Å²) in [6.07, 6.45) is -0.502. The second kappa shape index (κ2) is 11.3. The minimum Gasteiger partial charge on any atom is -0.407 e. The van der Waals surface area contributed by atoms with Crippen LogP contribution in [-0.2, 0) is 17.5 Å². The molecule has 2 heterocycles. The molecule has 0 saturated heterocycles. The molecule has 1 saturated carbocycles. The van der Waals surface area contributed by atoms with Gasteiger partial charge in [0.05, 0.1) is 47.8 Å². The first-order chi connectivity index (χ1) is 18.4. The smallest absolute Gasteiger partial charge is 0.407 e. The molecule has 0 bridgehead atoms. The molecule has 39 heavy (non-hydrogen) atoms. The van der Waals surface area contributed by atoms with E-state index in [1.807, 2.05) is 13.8 Å². The molecule has 0 atom stereocenters. The monoisotopic (exact) mass is 563 g/mol. The number of ether oxygens (including phenoxy) is 1. The van der Waals surface area contributed by atoms with Crippen molar-refractivity contribution in [3.8, 4) is 5.75 Å². The van der Waals surface area contributed by atoms with Crippen LogP contribution < -0.4 is 26.0 Å². The van der Waals surface area contributed by atoms with E-state index in [0.29, 0.717) is 30.2 Å². The first-order valence-corrected chi connectivity index (χ1v) is 12.3. The normalized spacial score (nSPS) is 13.9. The molecule has 3 aromatic rings. The summed E-state index contributed by atoms with van der Waals surface area (Å²) in [6.45, 7) is 3.91. The van der Waals surface area contributed by atoms with E-state index in [1.54, 1.807) is 6.07 Å². The van der Waals surface area contributed by atoms with Crippen molar-refractivity contribution < 1.29 is 27.5 Å². The molecular formula is C25H25ClF3N7O3. The topological polar surface area (TPSA) is 130 Å². The van der Waals surface area contributed by atoms with Crippen molar-refractivity contribution in [2.75, 3.05) is 10.6 Å². The van der Waals surface area contributed by atoms with E-state index in [0.717, 1.165) is 6.07 Å². The number of anilines is 3. The van der Waals surface area contributed by atoms with Gasteiger partial charge in [-0.25, -0.2) is 14.8 Å². The molecule has 1 aliphatic carbocycles. The molecule has 4 rings (SSSR count). The third-order valence-corrected chi connectivity index (χ3v) is 5.84. The lowest BCUT2D eigenvalue weighted by atomic mass is 10.1. The lowest BCUT2D eigenvalue weighted by Gasteiger charge is -2.17. The van der Waals surface area contributed by atoms with Crippen LogP contribution in [0.3, 0.4) is 0 Å². The fourth-order valence-corrected chi connectivity index (χ4v) is 3.69. The molecule has 2 aromatic heterocycles. The Labute approximate surface area is 226 Å². The van der Waals surface area contributed by atoms with E-state index in [9.17, 15) is 22.8 Å². The fraction of sp³-hybridized carbons (Fsp3) is 0.320. The van der Waals surface area contributed by atoms with Gasteiger partial charge in [0.1, 0.15) is 5.54 Å². The second-order valence-corrected chi connectivity index (χ2v) is 9.61. The van der Waals surface area contributed by atoms with Crippen LogP contribution in [0, 0.1) is 0 Å². The number of nitrogens with zero attached hydrogens (tertiary/aromatic N) is 3. The first-order valence-electron chi connectivity index (χ1n) is 11.9. The van der Waals surface area contributed by atoms with Gasteiger partial charge in [-0.3, -0.25) is 9.78 Å². The van der Waals surface area contributed by atoms with Crippen molar-refractivity contribution in [2.45, 2.75) is 51.0 Å². The van der Waals surface area contributed by atoms with Crippen LogP contribution in [0.25, 0.3) is 0 Å². The summed E-state index contributed by atoms with van der Waals surface area (Å²) in [5.74, 6) is 0.105. The fourth-order valence-electron chi connectivity index (χ4n) is 3.52. The molecule has 0 aliphatic heterocycles. The van der Waals surface area contributed by atoms with E-state index < -0.39 is 29.3 Å². The first kappa shape index (κ1) is 27.9. The van der Waals surface area contributed by atoms with Crippen LogP contribution in [0.1, 0.15) is 37.9 Å². The zero-order chi connectivity index (χ0) is 28.2. The Bertz CT molecular complexity index is 1330. The average Bonchev–Trinajstić information content (AvgIpc) is 3.65. The Morgan fingerprint density at radius 3 is 2.38 bits per heavy atom. The molecule has 0 unspecified atom stereocenters. The number of rotatable bonds is 9. The number of halogens is 4. The molecule has 2 amide bonds. The molecule has 10 nitrogen and oxygen atoms in total. The minimum atomic E-state index is -4.59. The number of benzene rings is 1. The predicted molar refractivity (Wildman–Crippen MR) is 138 cm³/mol. The Morgan fingerprint density at radius 2 is 1.79 bits per heavy atom. The molecule has 1 aromatic carbocycles. The highest BCUT2D eigenvalue weighted by molar-refractivity contribution is 6.30. The predicted octanol–water partition coefficient (Wildman–Crippen LogP) is 5.05. The standard InChI is InChI=1S/C25H25ClF3N7O3/c1-14(2)34-22-32-12-18(13-33-22)39-23(38)36-24(7-8-24)21(37)31-10-16-4-5-17(11-30-16)35-20-6-3-15(26)9-19(20)25(27,28)29/h3-6,9,11-14,35H,7-8,10H2,1-2H3,(H,31,37)(H,36,38)(H,32,33,34). The van der Waals surface area contributed by atoms with Crippen LogP contribution in [0.4, 0.5) is 35.3 Å². The molecule has 0 spiro atoms. The van der Waals surface area contributed by atoms with Crippen LogP contribution >= 0.6 is 11.6 Å². The van der Waals surface area contributed by atoms with Crippen molar-refractivity contribution in [2.24, 2.45) is 0 Å². The summed E-state index contributed by atoms with van der Waals surface area (Å²) in [7, 11) is 0. The molecule has 206 valence electrons. The summed E-state index contributed by atoms with van der Waals surface area (Å²) >= 11 is 5.71. The number of hydrogen-bond acceptors (Lipinski definition) is 8. The van der Waals surface area contributed by atoms with Gasteiger partial charge in [0.25, 0.3) is 0 Å². The van der Waals surface area contributed by atoms with Crippen LogP contribution in [0.2, 0.25) is 5.02 Å². The number of alkyl halides is 3. The van der Waals surface area contributed by atoms with Crippen molar-refractivity contribution in [3.63, 3.8) is 0 Å². The largest absolute Gasteiger partial charge is 0.418 e. The van der Waals surface area contributed by atoms with E-state index in [4.69, 9.17) is 16.3 Å². The van der Waals surface area contributed by atoms with Gasteiger partial charge in [0, 0.05) is 11.1 Å². The number of aromatic nitrogens is 3. The van der Waals surface area contributed by atoms with Crippen LogP contribution in [0.5, 0.6) is 5.75 Å². The number of amides is 2. The molecule has 0 radical (unpaired) electrons. The third kappa shape index (κ3) is 7.47. The van der Waals surface area contributed by atoms with Gasteiger partial charge >= 0.3 is 12.3 Å². The highest BCUT2D eigenvalue weighted by Crippen LogP contribution is 2.38. The Morgan fingerprint density at radius 1 is 1.08 bits per heavy atom. The summed E-state index contributed by atoms with van der Waals surface area (Å²) in [5.41, 5.74) is -1.39. The highest BCUT2D eigenvalue weighted by atomic mass is 35.5. The van der Waals surface area contributed by atoms with Gasteiger partial charge < -0.3 is 26.0 Å². The lowest BCUT2D eigenvalue weighted by Crippen LogP contribution is -2.49. The lowest BCUT2D eigenvalue weighted by molar-refractivity contribution is -0.137. The minimum absolute atomic E-state index is 0.0319. The summed E-state index contributed by atoms with van der Waals surface area (Å²) in [6, 6.07) is 6.66. The Kier molecular flexibility index (Phi) is 8.09. The Hall–Kier alpha value is -4.13. The van der Waals surface area contributed by atoms with Crippen LogP contribution in [0.15, 0.2) is 48.9 Å². The van der Waals surface area contributed by atoms with Gasteiger partial charge in [0.2, 0.25) is 11.9 Å². The van der Waals surface area contributed by atoms with Crippen molar-refractivity contribution in [1.82, 2.24) is 25.6 Å². The van der Waals surface area contributed by atoms with Gasteiger partial charge in [-0.1, -0.05) is 11.6 Å². The van der Waals surface area contributed by atoms with Gasteiger partial charge in [0.15, 0.2) is 5.75 Å². The molecule has 1 fully saturated rings.